The van der Waals surface area contributed by atoms with E-state index in [0.717, 1.165) is 33.5 Å². The van der Waals surface area contributed by atoms with Crippen LogP contribution in [0, 0.1) is 33.5 Å². The average molecular weight is 377 g/mol. The Morgan fingerprint density at radius 3 is 2.32 bits per heavy atom. The number of halogens is 1. The summed E-state index contributed by atoms with van der Waals surface area (Å²) in [6.07, 6.45) is 6.63. The lowest BCUT2D eigenvalue weighted by atomic mass is 9.83. The van der Waals surface area contributed by atoms with Crippen LogP contribution in [0.2, 0.25) is 0 Å². The van der Waals surface area contributed by atoms with Gasteiger partial charge in [0.1, 0.15) is 12.9 Å². The van der Waals surface area contributed by atoms with E-state index in [-0.39, 0.29) is 5.82 Å². The van der Waals surface area contributed by atoms with Crippen molar-refractivity contribution in [2.75, 3.05) is 0 Å². The molecule has 0 radical (unpaired) electrons. The third kappa shape index (κ3) is 3.13. The Morgan fingerprint density at radius 2 is 1.61 bits per heavy atom. The molecular weight excluding hydrogens is 345 g/mol. The lowest BCUT2D eigenvalue weighted by Gasteiger charge is -2.22. The molecule has 0 amide bonds. The Kier molecular flexibility index (Phi) is 4.99. The van der Waals surface area contributed by atoms with E-state index in [9.17, 15) is 0 Å². The Balaban J connectivity index is 1.98. The molecule has 0 bridgehead atoms. The van der Waals surface area contributed by atoms with Gasteiger partial charge < -0.3 is 0 Å². The molecule has 1 aromatic heterocycles. The number of hydrogen-bond acceptors (Lipinski definition) is 0. The molecule has 1 aliphatic carbocycles. The zero-order chi connectivity index (χ0) is 20.0. The number of fused-ring (bicyclic) bond motifs is 1. The third-order valence-electron chi connectivity index (χ3n) is 6.84. The first-order valence-corrected chi connectivity index (χ1v) is 10.6. The van der Waals surface area contributed by atoms with E-state index in [1.807, 2.05) is 19.9 Å². The van der Waals surface area contributed by atoms with Crippen molar-refractivity contribution in [1.82, 2.24) is 0 Å². The summed E-state index contributed by atoms with van der Waals surface area (Å²) in [5.74, 6) is 0.581. The van der Waals surface area contributed by atoms with Crippen molar-refractivity contribution in [2.24, 2.45) is 7.05 Å². The molecule has 0 unspecified atom stereocenters. The number of aromatic nitrogens is 1. The predicted octanol–water partition coefficient (Wildman–Crippen LogP) is 6.75. The van der Waals surface area contributed by atoms with Crippen molar-refractivity contribution in [2.45, 2.75) is 65.7 Å². The summed E-state index contributed by atoms with van der Waals surface area (Å²) in [5, 5.41) is 2.37. The summed E-state index contributed by atoms with van der Waals surface area (Å²) in [5.41, 5.74) is 7.23. The van der Waals surface area contributed by atoms with Crippen molar-refractivity contribution >= 4 is 10.8 Å². The second-order valence-electron chi connectivity index (χ2n) is 8.70. The van der Waals surface area contributed by atoms with Crippen LogP contribution in [-0.2, 0) is 7.05 Å². The maximum Gasteiger partial charge on any atom is 0.223 e. The number of nitrogens with zero attached hydrogens (tertiary/aromatic N) is 1. The summed E-state index contributed by atoms with van der Waals surface area (Å²) >= 11 is 0. The van der Waals surface area contributed by atoms with Gasteiger partial charge in [-0.05, 0) is 73.2 Å². The van der Waals surface area contributed by atoms with E-state index < -0.39 is 0 Å². The molecule has 3 aromatic rings. The van der Waals surface area contributed by atoms with Crippen LogP contribution in [-0.4, -0.2) is 0 Å². The minimum absolute atomic E-state index is 0.0954. The average Bonchev–Trinajstić information content (AvgIpc) is 2.69. The van der Waals surface area contributed by atoms with Gasteiger partial charge in [0.15, 0.2) is 5.69 Å². The molecule has 0 aliphatic heterocycles. The Hall–Kier alpha value is -2.22. The molecule has 4 rings (SSSR count). The van der Waals surface area contributed by atoms with Crippen molar-refractivity contribution in [3.05, 3.63) is 64.1 Å². The van der Waals surface area contributed by atoms with E-state index in [0.29, 0.717) is 11.5 Å². The fourth-order valence-corrected chi connectivity index (χ4v) is 4.92. The van der Waals surface area contributed by atoms with Gasteiger partial charge in [-0.25, -0.2) is 4.39 Å². The third-order valence-corrected chi connectivity index (χ3v) is 6.84. The highest BCUT2D eigenvalue weighted by molar-refractivity contribution is 5.94. The van der Waals surface area contributed by atoms with Gasteiger partial charge in [-0.15, -0.1) is 0 Å². The van der Waals surface area contributed by atoms with Crippen molar-refractivity contribution in [3.8, 4) is 11.3 Å². The summed E-state index contributed by atoms with van der Waals surface area (Å²) in [4.78, 5) is 0. The van der Waals surface area contributed by atoms with Gasteiger partial charge in [0, 0.05) is 13.0 Å². The largest absolute Gasteiger partial charge is 0.223 e. The molecule has 1 fully saturated rings. The van der Waals surface area contributed by atoms with Gasteiger partial charge in [-0.1, -0.05) is 37.5 Å². The van der Waals surface area contributed by atoms with Crippen LogP contribution in [0.3, 0.4) is 0 Å². The predicted molar refractivity (Wildman–Crippen MR) is 115 cm³/mol. The molecular formula is C26H31FN+. The fraction of sp³-hybridized carbons (Fsp3) is 0.423. The van der Waals surface area contributed by atoms with Gasteiger partial charge in [0.05, 0.1) is 10.9 Å². The van der Waals surface area contributed by atoms with Gasteiger partial charge >= 0.3 is 0 Å². The Bertz CT molecular complexity index is 1030. The lowest BCUT2D eigenvalue weighted by Crippen LogP contribution is -2.35. The summed E-state index contributed by atoms with van der Waals surface area (Å²) < 4.78 is 17.5. The van der Waals surface area contributed by atoms with Gasteiger partial charge in [0.25, 0.3) is 0 Å². The molecule has 0 atom stereocenters. The first-order chi connectivity index (χ1) is 13.4. The fourth-order valence-electron chi connectivity index (χ4n) is 4.92. The molecule has 1 heterocycles. The van der Waals surface area contributed by atoms with Crippen LogP contribution < -0.4 is 4.57 Å². The second-order valence-corrected chi connectivity index (χ2v) is 8.70. The Labute approximate surface area is 168 Å². The highest BCUT2D eigenvalue weighted by Crippen LogP contribution is 2.37. The van der Waals surface area contributed by atoms with Crippen molar-refractivity contribution < 1.29 is 8.96 Å². The topological polar surface area (TPSA) is 3.88 Å². The van der Waals surface area contributed by atoms with E-state index >= 15 is 4.39 Å². The normalized spacial score (nSPS) is 15.4. The number of hydrogen-bond donors (Lipinski definition) is 0. The second kappa shape index (κ2) is 7.31. The SMILES string of the molecule is Cc1cc(C)c(F)c(-c2c3ccc(C4CCCCC4)cc3cc(C)[n+]2C)c1C. The molecule has 1 aliphatic rings. The molecule has 1 nitrogen and oxygen atoms in total. The summed E-state index contributed by atoms with van der Waals surface area (Å²) in [7, 11) is 2.05. The molecule has 2 aromatic carbocycles. The smallest absolute Gasteiger partial charge is 0.206 e. The highest BCUT2D eigenvalue weighted by atomic mass is 19.1. The molecule has 1 saturated carbocycles. The van der Waals surface area contributed by atoms with E-state index in [1.54, 1.807) is 0 Å². The van der Waals surface area contributed by atoms with Crippen molar-refractivity contribution in [3.63, 3.8) is 0 Å². The first kappa shape index (κ1) is 19.1. The monoisotopic (exact) mass is 376 g/mol. The molecule has 0 saturated heterocycles. The number of benzene rings is 2. The van der Waals surface area contributed by atoms with Crippen molar-refractivity contribution in [1.29, 1.82) is 0 Å². The number of rotatable bonds is 2. The lowest BCUT2D eigenvalue weighted by molar-refractivity contribution is -0.665. The molecule has 146 valence electrons. The molecule has 0 spiro atoms. The highest BCUT2D eigenvalue weighted by Gasteiger charge is 2.25. The van der Waals surface area contributed by atoms with Crippen LogP contribution in [0.1, 0.15) is 66.0 Å². The summed E-state index contributed by atoms with van der Waals surface area (Å²) in [6.45, 7) is 8.10. The van der Waals surface area contributed by atoms with Crippen LogP contribution in [0.25, 0.3) is 22.0 Å². The van der Waals surface area contributed by atoms with Crippen LogP contribution >= 0.6 is 0 Å². The zero-order valence-corrected chi connectivity index (χ0v) is 17.8. The van der Waals surface area contributed by atoms with E-state index in [1.165, 1.54) is 43.1 Å². The maximum absolute atomic E-state index is 15.3. The quantitative estimate of drug-likeness (QED) is 0.435. The number of aryl methyl sites for hydroxylation is 3. The van der Waals surface area contributed by atoms with Gasteiger partial charge in [-0.3, -0.25) is 0 Å². The van der Waals surface area contributed by atoms with E-state index in [4.69, 9.17) is 0 Å². The first-order valence-electron chi connectivity index (χ1n) is 10.6. The molecule has 0 N–H and O–H groups in total. The van der Waals surface area contributed by atoms with Crippen LogP contribution in [0.15, 0.2) is 30.3 Å². The van der Waals surface area contributed by atoms with Gasteiger partial charge in [-0.2, -0.15) is 4.57 Å². The summed E-state index contributed by atoms with van der Waals surface area (Å²) in [6, 6.07) is 11.1. The number of pyridine rings is 1. The molecule has 2 heteroatoms. The standard InChI is InChI=1S/C26H31FN/c1-16-13-17(2)25(27)24(19(16)4)26-23-12-11-21(20-9-7-6-8-10-20)15-22(23)14-18(3)28(26)5/h11-15,20H,6-10H2,1-5H3/q+1. The minimum atomic E-state index is -0.0954. The van der Waals surface area contributed by atoms with E-state index in [2.05, 4.69) is 49.7 Å². The minimum Gasteiger partial charge on any atom is -0.206 e. The maximum atomic E-state index is 15.3. The van der Waals surface area contributed by atoms with Crippen LogP contribution in [0.5, 0.6) is 0 Å². The molecule has 28 heavy (non-hydrogen) atoms. The van der Waals surface area contributed by atoms with Gasteiger partial charge in [0.2, 0.25) is 5.69 Å². The van der Waals surface area contributed by atoms with Crippen LogP contribution in [0.4, 0.5) is 4.39 Å². The Morgan fingerprint density at radius 1 is 0.893 bits per heavy atom. The zero-order valence-electron chi connectivity index (χ0n) is 17.8.